The van der Waals surface area contributed by atoms with Crippen LogP contribution in [0.1, 0.15) is 46.6 Å². The third-order valence-electron chi connectivity index (χ3n) is 3.70. The average molecular weight is 370 g/mol. The van der Waals surface area contributed by atoms with Crippen molar-refractivity contribution in [1.29, 1.82) is 0 Å². The maximum Gasteiger partial charge on any atom is 0.355 e. The summed E-state index contributed by atoms with van der Waals surface area (Å²) >= 11 is 0. The van der Waals surface area contributed by atoms with Crippen LogP contribution in [0.5, 0.6) is 0 Å². The van der Waals surface area contributed by atoms with Crippen LogP contribution in [0.15, 0.2) is 24.3 Å². The number of anilines is 1. The molecule has 7 heteroatoms. The summed E-state index contributed by atoms with van der Waals surface area (Å²) in [4.78, 5) is 12.5. The Morgan fingerprint density at radius 1 is 1.16 bits per heavy atom. The van der Waals surface area contributed by atoms with Gasteiger partial charge in [0, 0.05) is 5.69 Å². The third-order valence-corrected chi connectivity index (χ3v) is 6.40. The van der Waals surface area contributed by atoms with Crippen molar-refractivity contribution >= 4 is 19.3 Å². The Morgan fingerprint density at radius 2 is 1.68 bits per heavy atom. The highest BCUT2D eigenvalue weighted by molar-refractivity contribution is 7.55. The second-order valence-corrected chi connectivity index (χ2v) is 9.15. The van der Waals surface area contributed by atoms with Gasteiger partial charge < -0.3 is 19.7 Å². The molecule has 1 rings (SSSR count). The molecule has 25 heavy (non-hydrogen) atoms. The molecule has 1 aromatic carbocycles. The number of amides is 2. The van der Waals surface area contributed by atoms with Crippen molar-refractivity contribution in [2.75, 3.05) is 18.5 Å². The summed E-state index contributed by atoms with van der Waals surface area (Å²) in [5.74, 6) is 0.193. The van der Waals surface area contributed by atoms with Crippen molar-refractivity contribution in [1.82, 2.24) is 5.32 Å². The SMILES string of the molecule is CCOP(=O)(OCC)[C@@](C)(CC(C)C)NC(=O)Nc1ccc(C)cc1. The highest BCUT2D eigenvalue weighted by Gasteiger charge is 2.48. The minimum absolute atomic E-state index is 0.193. The van der Waals surface area contributed by atoms with Crippen LogP contribution in [-0.4, -0.2) is 24.5 Å². The second-order valence-electron chi connectivity index (χ2n) is 6.65. The molecule has 0 bridgehead atoms. The maximum atomic E-state index is 13.3. The van der Waals surface area contributed by atoms with Gasteiger partial charge in [0.2, 0.25) is 0 Å². The van der Waals surface area contributed by atoms with E-state index in [9.17, 15) is 9.36 Å². The van der Waals surface area contributed by atoms with E-state index >= 15 is 0 Å². The summed E-state index contributed by atoms with van der Waals surface area (Å²) in [7, 11) is -3.53. The van der Waals surface area contributed by atoms with Crippen molar-refractivity contribution in [3.05, 3.63) is 29.8 Å². The van der Waals surface area contributed by atoms with Crippen molar-refractivity contribution in [3.8, 4) is 0 Å². The molecule has 0 aromatic heterocycles. The van der Waals surface area contributed by atoms with Gasteiger partial charge >= 0.3 is 13.6 Å². The molecule has 6 nitrogen and oxygen atoms in total. The zero-order chi connectivity index (χ0) is 19.1. The second kappa shape index (κ2) is 9.37. The number of carbonyl (C=O) groups is 1. The molecule has 142 valence electrons. The number of aryl methyl sites for hydroxylation is 1. The lowest BCUT2D eigenvalue weighted by Gasteiger charge is -2.37. The molecule has 0 unspecified atom stereocenters. The number of urea groups is 1. The van der Waals surface area contributed by atoms with Crippen LogP contribution < -0.4 is 10.6 Å². The molecule has 2 amide bonds. The van der Waals surface area contributed by atoms with Gasteiger partial charge in [0.05, 0.1) is 13.2 Å². The number of carbonyl (C=O) groups excluding carboxylic acids is 1. The van der Waals surface area contributed by atoms with Gasteiger partial charge in [0.15, 0.2) is 0 Å². The molecule has 0 aliphatic rings. The first-order chi connectivity index (χ1) is 11.7. The summed E-state index contributed by atoms with van der Waals surface area (Å²) in [5.41, 5.74) is 1.77. The predicted molar refractivity (Wildman–Crippen MR) is 102 cm³/mol. The molecule has 1 atom stereocenters. The Morgan fingerprint density at radius 3 is 2.12 bits per heavy atom. The van der Waals surface area contributed by atoms with E-state index in [4.69, 9.17) is 9.05 Å². The zero-order valence-electron chi connectivity index (χ0n) is 16.1. The molecule has 2 N–H and O–H groups in total. The van der Waals surface area contributed by atoms with Gasteiger partial charge in [0.25, 0.3) is 0 Å². The molecule has 0 spiro atoms. The number of benzene rings is 1. The number of rotatable bonds is 9. The van der Waals surface area contributed by atoms with Gasteiger partial charge in [-0.3, -0.25) is 4.57 Å². The largest absolute Gasteiger partial charge is 0.355 e. The fourth-order valence-corrected chi connectivity index (χ4v) is 4.88. The fraction of sp³-hybridized carbons (Fsp3) is 0.611. The molecule has 0 aliphatic carbocycles. The summed E-state index contributed by atoms with van der Waals surface area (Å²) in [6, 6.07) is 7.02. The van der Waals surface area contributed by atoms with Gasteiger partial charge in [-0.25, -0.2) is 4.79 Å². The highest BCUT2D eigenvalue weighted by atomic mass is 31.2. The van der Waals surface area contributed by atoms with Crippen LogP contribution in [0.2, 0.25) is 0 Å². The van der Waals surface area contributed by atoms with E-state index in [-0.39, 0.29) is 19.1 Å². The first-order valence-electron chi connectivity index (χ1n) is 8.70. The first kappa shape index (κ1) is 21.7. The van der Waals surface area contributed by atoms with Crippen LogP contribution >= 0.6 is 7.60 Å². The van der Waals surface area contributed by atoms with Crippen molar-refractivity contribution in [2.45, 2.75) is 53.2 Å². The smallest absolute Gasteiger partial charge is 0.321 e. The van der Waals surface area contributed by atoms with E-state index in [1.54, 1.807) is 20.8 Å². The monoisotopic (exact) mass is 370 g/mol. The van der Waals surface area contributed by atoms with Crippen LogP contribution in [0, 0.1) is 12.8 Å². The summed E-state index contributed by atoms with van der Waals surface area (Å²) in [6.07, 6.45) is 0.464. The Bertz CT molecular complexity index is 594. The standard InChI is InChI=1S/C18H31N2O4P/c1-7-23-25(22,24-8-2)18(6,13-14(3)4)20-17(21)19-16-11-9-15(5)10-12-16/h9-12,14H,7-8,13H2,1-6H3,(H2,19,20,21)/t18-/m0/s1. The lowest BCUT2D eigenvalue weighted by atomic mass is 10.0. The predicted octanol–water partition coefficient (Wildman–Crippen LogP) is 5.14. The van der Waals surface area contributed by atoms with E-state index in [1.807, 2.05) is 45.0 Å². The van der Waals surface area contributed by atoms with Crippen molar-refractivity contribution in [2.24, 2.45) is 5.92 Å². The van der Waals surface area contributed by atoms with E-state index in [1.165, 1.54) is 0 Å². The molecule has 1 aromatic rings. The highest BCUT2D eigenvalue weighted by Crippen LogP contribution is 2.60. The van der Waals surface area contributed by atoms with Crippen LogP contribution in [-0.2, 0) is 13.6 Å². The van der Waals surface area contributed by atoms with Gasteiger partial charge in [-0.05, 0) is 52.2 Å². The average Bonchev–Trinajstić information content (AvgIpc) is 2.49. The van der Waals surface area contributed by atoms with Gasteiger partial charge in [0.1, 0.15) is 5.28 Å². The molecular formula is C18H31N2O4P. The molecule has 0 saturated heterocycles. The molecule has 0 fully saturated rings. The quantitative estimate of drug-likeness (QED) is 0.590. The Kier molecular flexibility index (Phi) is 8.13. The van der Waals surface area contributed by atoms with Crippen molar-refractivity contribution in [3.63, 3.8) is 0 Å². The normalized spacial score (nSPS) is 14.2. The van der Waals surface area contributed by atoms with Crippen LogP contribution in [0.25, 0.3) is 0 Å². The van der Waals surface area contributed by atoms with Crippen molar-refractivity contribution < 1.29 is 18.4 Å². The lowest BCUT2D eigenvalue weighted by molar-refractivity contribution is 0.180. The maximum absolute atomic E-state index is 13.3. The topological polar surface area (TPSA) is 76.7 Å². The zero-order valence-corrected chi connectivity index (χ0v) is 17.0. The fourth-order valence-electron chi connectivity index (χ4n) is 2.73. The van der Waals surface area contributed by atoms with Gasteiger partial charge in [-0.15, -0.1) is 0 Å². The first-order valence-corrected chi connectivity index (χ1v) is 10.2. The molecule has 0 radical (unpaired) electrons. The Hall–Kier alpha value is -1.36. The van der Waals surface area contributed by atoms with E-state index in [0.717, 1.165) is 5.56 Å². The minimum Gasteiger partial charge on any atom is -0.321 e. The number of hydrogen-bond donors (Lipinski definition) is 2. The van der Waals surface area contributed by atoms with E-state index < -0.39 is 18.9 Å². The van der Waals surface area contributed by atoms with Crippen LogP contribution in [0.4, 0.5) is 10.5 Å². The molecule has 0 heterocycles. The summed E-state index contributed by atoms with van der Waals surface area (Å²) < 4.78 is 24.3. The summed E-state index contributed by atoms with van der Waals surface area (Å²) in [5, 5.41) is 4.48. The molecule has 0 aliphatic heterocycles. The van der Waals surface area contributed by atoms with Gasteiger partial charge in [-0.1, -0.05) is 31.5 Å². The number of hydrogen-bond acceptors (Lipinski definition) is 4. The minimum atomic E-state index is -3.53. The number of nitrogens with one attached hydrogen (secondary N) is 2. The molecular weight excluding hydrogens is 339 g/mol. The third kappa shape index (κ3) is 6.14. The van der Waals surface area contributed by atoms with E-state index in [0.29, 0.717) is 12.1 Å². The van der Waals surface area contributed by atoms with Crippen LogP contribution in [0.3, 0.4) is 0 Å². The Balaban J connectivity index is 3.01. The lowest BCUT2D eigenvalue weighted by Crippen LogP contribution is -2.49. The van der Waals surface area contributed by atoms with E-state index in [2.05, 4.69) is 10.6 Å². The van der Waals surface area contributed by atoms with Gasteiger partial charge in [-0.2, -0.15) is 0 Å². The molecule has 0 saturated carbocycles. The Labute approximate surface area is 151 Å². The summed E-state index contributed by atoms with van der Waals surface area (Å²) in [6.45, 7) is 11.7.